The van der Waals surface area contributed by atoms with E-state index in [0.717, 1.165) is 38.5 Å². The number of nitrogens with one attached hydrogen (secondary N) is 1. The largest absolute Gasteiger partial charge is 0.394 e. The van der Waals surface area contributed by atoms with Crippen molar-refractivity contribution < 1.29 is 50.0 Å². The molecule has 1 aliphatic rings. The van der Waals surface area contributed by atoms with Crippen molar-refractivity contribution in [3.05, 3.63) is 12.2 Å². The Balaban J connectivity index is 2.20. The minimum Gasteiger partial charge on any atom is -0.394 e. The lowest BCUT2D eigenvalue weighted by Crippen LogP contribution is -2.60. The summed E-state index contributed by atoms with van der Waals surface area (Å²) in [5.74, 6) is -0.697. The number of amides is 1. The van der Waals surface area contributed by atoms with E-state index in [1.807, 2.05) is 0 Å². The van der Waals surface area contributed by atoms with Gasteiger partial charge in [-0.1, -0.05) is 219 Å². The van der Waals surface area contributed by atoms with Gasteiger partial charge in [0.2, 0.25) is 5.91 Å². The lowest BCUT2D eigenvalue weighted by molar-refractivity contribution is -0.303. The Bertz CT molecular complexity index is 1030. The highest BCUT2D eigenvalue weighted by molar-refractivity contribution is 5.80. The highest BCUT2D eigenvalue weighted by atomic mass is 16.7. The van der Waals surface area contributed by atoms with Gasteiger partial charge in [-0.15, -0.1) is 0 Å². The third kappa shape index (κ3) is 31.5. The van der Waals surface area contributed by atoms with Gasteiger partial charge in [-0.2, -0.15) is 0 Å². The summed E-state index contributed by atoms with van der Waals surface area (Å²) in [5.41, 5.74) is 0. The van der Waals surface area contributed by atoms with E-state index in [9.17, 15) is 40.5 Å². The van der Waals surface area contributed by atoms with Crippen molar-refractivity contribution >= 4 is 5.91 Å². The van der Waals surface area contributed by atoms with Gasteiger partial charge in [0.25, 0.3) is 0 Å². The fraction of sp³-hybridized carbons (Fsp3) is 0.942. The summed E-state index contributed by atoms with van der Waals surface area (Å²) in [5, 5.41) is 75.6. The van der Waals surface area contributed by atoms with Gasteiger partial charge in [0.15, 0.2) is 6.29 Å². The molecule has 374 valence electrons. The Morgan fingerprint density at radius 3 is 1.33 bits per heavy atom. The molecular formula is C52H101NO10. The average molecular weight is 900 g/mol. The number of hydrogen-bond donors (Lipinski definition) is 8. The summed E-state index contributed by atoms with van der Waals surface area (Å²) in [6, 6.07) is -1.16. The molecule has 1 rings (SSSR count). The van der Waals surface area contributed by atoms with Crippen LogP contribution < -0.4 is 5.32 Å². The van der Waals surface area contributed by atoms with E-state index in [-0.39, 0.29) is 6.42 Å². The second-order valence-corrected chi connectivity index (χ2v) is 19.0. The van der Waals surface area contributed by atoms with Gasteiger partial charge >= 0.3 is 0 Å². The van der Waals surface area contributed by atoms with Crippen LogP contribution in [0.15, 0.2) is 12.2 Å². The van der Waals surface area contributed by atoms with Crippen molar-refractivity contribution in [1.82, 2.24) is 5.32 Å². The average Bonchev–Trinajstić information content (AvgIpc) is 3.28. The number of rotatable bonds is 45. The highest BCUT2D eigenvalue weighted by Crippen LogP contribution is 2.23. The zero-order valence-corrected chi connectivity index (χ0v) is 40.6. The number of aliphatic hydroxyl groups is 7. The molecule has 0 spiro atoms. The standard InChI is InChI=1S/C52H101NO10/c1-3-5-7-9-11-13-14-15-16-17-18-19-20-21-22-23-24-25-26-27-28-29-30-31-32-34-36-38-40-45(56)51(61)53-43(42-62-52-50(60)49(59)48(58)46(41-54)63-52)47(57)44(55)39-37-35-33-12-10-8-6-4-2/h21-22,43-50,52,54-60H,3-20,23-42H2,1-2H3,(H,53,61)/b22-21-. The van der Waals surface area contributed by atoms with E-state index in [0.29, 0.717) is 19.3 Å². The Kier molecular flexibility index (Phi) is 40.1. The van der Waals surface area contributed by atoms with Crippen LogP contribution >= 0.6 is 0 Å². The van der Waals surface area contributed by atoms with Crippen LogP contribution in [0, 0.1) is 0 Å². The van der Waals surface area contributed by atoms with E-state index in [2.05, 4.69) is 31.3 Å². The lowest BCUT2D eigenvalue weighted by atomic mass is 9.98. The summed E-state index contributed by atoms with van der Waals surface area (Å²) in [7, 11) is 0. The zero-order chi connectivity index (χ0) is 46.2. The van der Waals surface area contributed by atoms with Crippen molar-refractivity contribution in [3.63, 3.8) is 0 Å². The molecule has 1 amide bonds. The fourth-order valence-corrected chi connectivity index (χ4v) is 8.67. The molecule has 1 aliphatic heterocycles. The fourth-order valence-electron chi connectivity index (χ4n) is 8.67. The predicted molar refractivity (Wildman–Crippen MR) is 256 cm³/mol. The Hall–Kier alpha value is -1.15. The first-order valence-electron chi connectivity index (χ1n) is 26.6. The molecule has 11 heteroatoms. The van der Waals surface area contributed by atoms with Gasteiger partial charge in [0.1, 0.15) is 36.6 Å². The number of carbonyl (C=O) groups excluding carboxylic acids is 1. The summed E-state index contributed by atoms with van der Waals surface area (Å²) in [6.07, 6.45) is 35.9. The Morgan fingerprint density at radius 2 is 0.921 bits per heavy atom. The maximum Gasteiger partial charge on any atom is 0.249 e. The maximum absolute atomic E-state index is 13.1. The van der Waals surface area contributed by atoms with Gasteiger partial charge in [0.05, 0.1) is 25.4 Å². The minimum absolute atomic E-state index is 0.262. The first-order valence-corrected chi connectivity index (χ1v) is 26.6. The van der Waals surface area contributed by atoms with E-state index >= 15 is 0 Å². The molecule has 1 fully saturated rings. The summed E-state index contributed by atoms with van der Waals surface area (Å²) >= 11 is 0. The molecule has 63 heavy (non-hydrogen) atoms. The SMILES string of the molecule is CCCCCCCCCCCCCC/C=C\CCCCCCCCCCCCCCC(O)C(=O)NC(COC1OC(CO)C(O)C(O)C1O)C(O)C(O)CCCCCCCCCC. The first-order chi connectivity index (χ1) is 30.7. The summed E-state index contributed by atoms with van der Waals surface area (Å²) in [6.45, 7) is 3.41. The van der Waals surface area contributed by atoms with Crippen LogP contribution in [0.25, 0.3) is 0 Å². The third-order valence-electron chi connectivity index (χ3n) is 13.1. The molecule has 11 nitrogen and oxygen atoms in total. The monoisotopic (exact) mass is 900 g/mol. The molecule has 0 aromatic carbocycles. The molecule has 1 saturated heterocycles. The van der Waals surface area contributed by atoms with Gasteiger partial charge in [0, 0.05) is 0 Å². The second kappa shape index (κ2) is 42.2. The van der Waals surface area contributed by atoms with Crippen LogP contribution in [0.5, 0.6) is 0 Å². The Labute approximate surface area is 385 Å². The van der Waals surface area contributed by atoms with E-state index in [1.165, 1.54) is 167 Å². The normalized spacial score (nSPS) is 21.2. The second-order valence-electron chi connectivity index (χ2n) is 19.0. The number of allylic oxidation sites excluding steroid dienone is 2. The molecule has 1 heterocycles. The number of carbonyl (C=O) groups is 1. The van der Waals surface area contributed by atoms with Crippen molar-refractivity contribution in [2.75, 3.05) is 13.2 Å². The quantitative estimate of drug-likeness (QED) is 0.0216. The van der Waals surface area contributed by atoms with Crippen LogP contribution in [0.2, 0.25) is 0 Å². The first kappa shape index (κ1) is 59.9. The van der Waals surface area contributed by atoms with Crippen LogP contribution in [0.1, 0.15) is 245 Å². The molecule has 8 N–H and O–H groups in total. The van der Waals surface area contributed by atoms with Gasteiger partial charge in [-0.25, -0.2) is 0 Å². The molecule has 0 aromatic rings. The van der Waals surface area contributed by atoms with Crippen molar-refractivity contribution in [2.24, 2.45) is 0 Å². The molecule has 9 atom stereocenters. The van der Waals surface area contributed by atoms with Crippen LogP contribution in [0.4, 0.5) is 0 Å². The number of hydrogen-bond acceptors (Lipinski definition) is 10. The van der Waals surface area contributed by atoms with Crippen molar-refractivity contribution in [2.45, 2.75) is 300 Å². The van der Waals surface area contributed by atoms with Crippen LogP contribution in [0.3, 0.4) is 0 Å². The van der Waals surface area contributed by atoms with E-state index in [4.69, 9.17) is 9.47 Å². The topological polar surface area (TPSA) is 189 Å². The maximum atomic E-state index is 13.1. The predicted octanol–water partition coefficient (Wildman–Crippen LogP) is 10.0. The number of unbranched alkanes of at least 4 members (excludes halogenated alkanes) is 31. The van der Waals surface area contributed by atoms with E-state index in [1.54, 1.807) is 0 Å². The van der Waals surface area contributed by atoms with Gasteiger partial charge in [-0.3, -0.25) is 4.79 Å². The highest BCUT2D eigenvalue weighted by Gasteiger charge is 2.44. The van der Waals surface area contributed by atoms with Crippen LogP contribution in [-0.2, 0) is 14.3 Å². The molecule has 0 aliphatic carbocycles. The third-order valence-corrected chi connectivity index (χ3v) is 13.1. The summed E-state index contributed by atoms with van der Waals surface area (Å²) < 4.78 is 11.1. The lowest BCUT2D eigenvalue weighted by Gasteiger charge is -2.40. The number of aliphatic hydroxyl groups excluding tert-OH is 7. The number of ether oxygens (including phenoxy) is 2. The van der Waals surface area contributed by atoms with Gasteiger partial charge < -0.3 is 50.5 Å². The molecule has 9 unspecified atom stereocenters. The van der Waals surface area contributed by atoms with Crippen LogP contribution in [-0.4, -0.2) is 110 Å². The van der Waals surface area contributed by atoms with E-state index < -0.39 is 74.2 Å². The zero-order valence-electron chi connectivity index (χ0n) is 40.6. The Morgan fingerprint density at radius 1 is 0.540 bits per heavy atom. The van der Waals surface area contributed by atoms with Crippen molar-refractivity contribution in [3.8, 4) is 0 Å². The molecule has 0 radical (unpaired) electrons. The van der Waals surface area contributed by atoms with Gasteiger partial charge in [-0.05, 0) is 38.5 Å². The molecule has 0 aromatic heterocycles. The molecular weight excluding hydrogens is 799 g/mol. The molecule has 0 bridgehead atoms. The molecule has 0 saturated carbocycles. The smallest absolute Gasteiger partial charge is 0.249 e. The minimum atomic E-state index is -1.66. The van der Waals surface area contributed by atoms with Crippen molar-refractivity contribution in [1.29, 1.82) is 0 Å². The summed E-state index contributed by atoms with van der Waals surface area (Å²) in [4.78, 5) is 13.1.